The summed E-state index contributed by atoms with van der Waals surface area (Å²) in [6.07, 6.45) is 0.813. The molecule has 0 unspecified atom stereocenters. The number of thiocarbonyl (C=S) groups is 1. The van der Waals surface area contributed by atoms with Crippen molar-refractivity contribution in [2.75, 3.05) is 25.1 Å². The van der Waals surface area contributed by atoms with Crippen LogP contribution in [0.1, 0.15) is 13.3 Å². The zero-order valence-corrected chi connectivity index (χ0v) is 10.9. The van der Waals surface area contributed by atoms with Crippen LogP contribution < -0.4 is 10.6 Å². The van der Waals surface area contributed by atoms with E-state index in [1.807, 2.05) is 6.92 Å². The molecule has 0 atom stereocenters. The van der Waals surface area contributed by atoms with Crippen LogP contribution in [0.25, 0.3) is 0 Å². The third-order valence-corrected chi connectivity index (χ3v) is 2.32. The van der Waals surface area contributed by atoms with Gasteiger partial charge in [-0.2, -0.15) is 0 Å². The number of rotatable bonds is 6. The van der Waals surface area contributed by atoms with E-state index in [4.69, 9.17) is 17.0 Å². The van der Waals surface area contributed by atoms with E-state index in [0.29, 0.717) is 24.9 Å². The van der Waals surface area contributed by atoms with Crippen LogP contribution in [0.3, 0.4) is 0 Å². The molecule has 0 saturated carbocycles. The molecule has 3 nitrogen and oxygen atoms in total. The lowest BCUT2D eigenvalue weighted by atomic mass is 10.3. The predicted molar refractivity (Wildman–Crippen MR) is 71.7 cm³/mol. The fraction of sp³-hybridized carbons (Fsp3) is 0.417. The van der Waals surface area contributed by atoms with Gasteiger partial charge in [0.2, 0.25) is 0 Å². The number of anilines is 1. The van der Waals surface area contributed by atoms with E-state index in [-0.39, 0.29) is 5.69 Å². The van der Waals surface area contributed by atoms with Crippen molar-refractivity contribution >= 4 is 23.0 Å². The van der Waals surface area contributed by atoms with Gasteiger partial charge in [-0.05, 0) is 37.7 Å². The first-order valence-electron chi connectivity index (χ1n) is 5.70. The Morgan fingerprint density at radius 1 is 1.28 bits per heavy atom. The molecule has 1 aromatic carbocycles. The molecule has 0 aromatic heterocycles. The van der Waals surface area contributed by atoms with Crippen molar-refractivity contribution in [2.24, 2.45) is 0 Å². The molecule has 0 heterocycles. The molecule has 0 aliphatic heterocycles. The van der Waals surface area contributed by atoms with Crippen molar-refractivity contribution in [2.45, 2.75) is 13.3 Å². The summed E-state index contributed by atoms with van der Waals surface area (Å²) in [5.74, 6) is -1.28. The van der Waals surface area contributed by atoms with Crippen LogP contribution in [0.2, 0.25) is 0 Å². The monoisotopic (exact) mass is 274 g/mol. The van der Waals surface area contributed by atoms with E-state index in [1.54, 1.807) is 0 Å². The van der Waals surface area contributed by atoms with Gasteiger partial charge in [-0.15, -0.1) is 0 Å². The van der Waals surface area contributed by atoms with Crippen molar-refractivity contribution in [1.29, 1.82) is 0 Å². The molecule has 100 valence electrons. The van der Waals surface area contributed by atoms with Gasteiger partial charge in [0.05, 0.1) is 0 Å². The first-order valence-corrected chi connectivity index (χ1v) is 6.11. The van der Waals surface area contributed by atoms with Crippen LogP contribution >= 0.6 is 12.2 Å². The molecule has 0 amide bonds. The van der Waals surface area contributed by atoms with Gasteiger partial charge in [0, 0.05) is 31.5 Å². The smallest absolute Gasteiger partial charge is 0.170 e. The lowest BCUT2D eigenvalue weighted by Gasteiger charge is -2.10. The van der Waals surface area contributed by atoms with Crippen molar-refractivity contribution in [1.82, 2.24) is 5.32 Å². The molecule has 1 aromatic rings. The van der Waals surface area contributed by atoms with Gasteiger partial charge in [-0.3, -0.25) is 0 Å². The standard InChI is InChI=1S/C12H16F2N2OS/c1-2-17-5-3-4-15-12(18)16-11-7-9(13)6-10(14)8-11/h6-8H,2-5H2,1H3,(H2,15,16,18). The molecule has 0 fully saturated rings. The Labute approximate surface area is 111 Å². The maximum Gasteiger partial charge on any atom is 0.170 e. The average Bonchev–Trinajstić information content (AvgIpc) is 2.27. The van der Waals surface area contributed by atoms with Crippen LogP contribution in [0.15, 0.2) is 18.2 Å². The SMILES string of the molecule is CCOCCCNC(=S)Nc1cc(F)cc(F)c1. The minimum Gasteiger partial charge on any atom is -0.382 e. The lowest BCUT2D eigenvalue weighted by molar-refractivity contribution is 0.146. The molecule has 0 aliphatic carbocycles. The fourth-order valence-electron chi connectivity index (χ4n) is 1.32. The number of halogens is 2. The molecule has 1 rings (SSSR count). The van der Waals surface area contributed by atoms with Crippen LogP contribution in [-0.4, -0.2) is 24.9 Å². The maximum atomic E-state index is 12.9. The average molecular weight is 274 g/mol. The van der Waals surface area contributed by atoms with Gasteiger partial charge >= 0.3 is 0 Å². The number of hydrogen-bond acceptors (Lipinski definition) is 2. The van der Waals surface area contributed by atoms with Crippen LogP contribution in [0, 0.1) is 11.6 Å². The molecular weight excluding hydrogens is 258 g/mol. The molecule has 6 heteroatoms. The maximum absolute atomic E-state index is 12.9. The molecule has 0 bridgehead atoms. The second-order valence-electron chi connectivity index (χ2n) is 3.59. The highest BCUT2D eigenvalue weighted by molar-refractivity contribution is 7.80. The summed E-state index contributed by atoms with van der Waals surface area (Å²) >= 11 is 4.99. The van der Waals surface area contributed by atoms with Gasteiger partial charge in [0.15, 0.2) is 5.11 Å². The lowest BCUT2D eigenvalue weighted by Crippen LogP contribution is -2.29. The number of ether oxygens (including phenoxy) is 1. The summed E-state index contributed by atoms with van der Waals surface area (Å²) in [5, 5.41) is 5.97. The van der Waals surface area contributed by atoms with Crippen LogP contribution in [0.5, 0.6) is 0 Å². The fourth-order valence-corrected chi connectivity index (χ4v) is 1.54. The summed E-state index contributed by atoms with van der Waals surface area (Å²) in [6.45, 7) is 3.91. The Morgan fingerprint density at radius 3 is 2.56 bits per heavy atom. The van der Waals surface area contributed by atoms with E-state index in [1.165, 1.54) is 12.1 Å². The summed E-state index contributed by atoms with van der Waals surface area (Å²) in [7, 11) is 0. The molecule has 0 radical (unpaired) electrons. The zero-order chi connectivity index (χ0) is 13.4. The minimum absolute atomic E-state index is 0.287. The zero-order valence-electron chi connectivity index (χ0n) is 10.1. The van der Waals surface area contributed by atoms with Gasteiger partial charge in [-0.1, -0.05) is 0 Å². The van der Waals surface area contributed by atoms with E-state index < -0.39 is 11.6 Å². The van der Waals surface area contributed by atoms with Crippen molar-refractivity contribution in [3.63, 3.8) is 0 Å². The van der Waals surface area contributed by atoms with Crippen molar-refractivity contribution in [3.8, 4) is 0 Å². The number of nitrogens with one attached hydrogen (secondary N) is 2. The van der Waals surface area contributed by atoms with Crippen LogP contribution in [0.4, 0.5) is 14.5 Å². The highest BCUT2D eigenvalue weighted by Gasteiger charge is 2.02. The molecule has 0 saturated heterocycles. The number of benzene rings is 1. The van der Waals surface area contributed by atoms with Gasteiger partial charge < -0.3 is 15.4 Å². The summed E-state index contributed by atoms with van der Waals surface area (Å²) in [6, 6.07) is 3.16. The van der Waals surface area contributed by atoms with E-state index >= 15 is 0 Å². The predicted octanol–water partition coefficient (Wildman–Crippen LogP) is 2.68. The van der Waals surface area contributed by atoms with Gasteiger partial charge in [0.1, 0.15) is 11.6 Å². The molecular formula is C12H16F2N2OS. The quantitative estimate of drug-likeness (QED) is 0.617. The normalized spacial score (nSPS) is 10.2. The van der Waals surface area contributed by atoms with Gasteiger partial charge in [-0.25, -0.2) is 8.78 Å². The van der Waals surface area contributed by atoms with E-state index in [9.17, 15) is 8.78 Å². The third-order valence-electron chi connectivity index (χ3n) is 2.08. The Bertz CT molecular complexity index is 381. The second kappa shape index (κ2) is 7.94. The minimum atomic E-state index is -0.642. The Kier molecular flexibility index (Phi) is 6.53. The first-order chi connectivity index (χ1) is 8.61. The topological polar surface area (TPSA) is 33.3 Å². The highest BCUT2D eigenvalue weighted by Crippen LogP contribution is 2.12. The molecule has 0 aliphatic rings. The van der Waals surface area contributed by atoms with Gasteiger partial charge in [0.25, 0.3) is 0 Å². The number of hydrogen-bond donors (Lipinski definition) is 2. The van der Waals surface area contributed by atoms with Crippen LogP contribution in [-0.2, 0) is 4.74 Å². The summed E-state index contributed by atoms with van der Waals surface area (Å²) in [4.78, 5) is 0. The molecule has 18 heavy (non-hydrogen) atoms. The van der Waals surface area contributed by atoms with Crippen molar-refractivity contribution in [3.05, 3.63) is 29.8 Å². The largest absolute Gasteiger partial charge is 0.382 e. The summed E-state index contributed by atoms with van der Waals surface area (Å²) < 4.78 is 31.0. The van der Waals surface area contributed by atoms with Crippen molar-refractivity contribution < 1.29 is 13.5 Å². The Morgan fingerprint density at radius 2 is 1.94 bits per heavy atom. The highest BCUT2D eigenvalue weighted by atomic mass is 32.1. The van der Waals surface area contributed by atoms with E-state index in [2.05, 4.69) is 10.6 Å². The third kappa shape index (κ3) is 5.88. The Hall–Kier alpha value is -1.27. The Balaban J connectivity index is 2.31. The molecule has 2 N–H and O–H groups in total. The first kappa shape index (κ1) is 14.8. The second-order valence-corrected chi connectivity index (χ2v) is 4.00. The molecule has 0 spiro atoms. The van der Waals surface area contributed by atoms with E-state index in [0.717, 1.165) is 12.5 Å². The summed E-state index contributed by atoms with van der Waals surface area (Å²) in [5.41, 5.74) is 0.287.